The zero-order valence-electron chi connectivity index (χ0n) is 9.68. The summed E-state index contributed by atoms with van der Waals surface area (Å²) in [7, 11) is 0. The minimum absolute atomic E-state index is 0.418. The van der Waals surface area contributed by atoms with Crippen molar-refractivity contribution < 1.29 is 9.13 Å². The summed E-state index contributed by atoms with van der Waals surface area (Å²) in [4.78, 5) is 8.42. The first-order chi connectivity index (χ1) is 8.33. The highest BCUT2D eigenvalue weighted by Crippen LogP contribution is 2.18. The second kappa shape index (κ2) is 4.58. The summed E-state index contributed by atoms with van der Waals surface area (Å²) in [5.41, 5.74) is 1.01. The van der Waals surface area contributed by atoms with Crippen LogP contribution >= 0.6 is 0 Å². The number of nitrogens with zero attached hydrogens (tertiary/aromatic N) is 3. The topological polar surface area (TPSA) is 28.6 Å². The third kappa shape index (κ3) is 2.25. The third-order valence-corrected chi connectivity index (χ3v) is 3.53. The van der Waals surface area contributed by atoms with Gasteiger partial charge in [-0.25, -0.2) is 4.98 Å². The molecule has 0 atom stereocenters. The van der Waals surface area contributed by atoms with Crippen LogP contribution in [-0.4, -0.2) is 55.3 Å². The Hall–Kier alpha value is -1.20. The summed E-state index contributed by atoms with van der Waals surface area (Å²) in [6.45, 7) is 5.79. The molecule has 0 bridgehead atoms. The van der Waals surface area contributed by atoms with Gasteiger partial charge in [-0.15, -0.1) is 0 Å². The van der Waals surface area contributed by atoms with E-state index in [1.54, 1.807) is 12.3 Å². The lowest BCUT2D eigenvalue weighted by molar-refractivity contribution is -0.0660. The maximum atomic E-state index is 12.7. The smallest absolute Gasteiger partial charge is 0.212 e. The Kier molecular flexibility index (Phi) is 2.94. The van der Waals surface area contributed by atoms with E-state index < -0.39 is 5.95 Å². The van der Waals surface area contributed by atoms with E-state index in [0.29, 0.717) is 6.04 Å². The van der Waals surface area contributed by atoms with Gasteiger partial charge in [0.25, 0.3) is 0 Å². The predicted octanol–water partition coefficient (Wildman–Crippen LogP) is 0.742. The lowest BCUT2D eigenvalue weighted by Crippen LogP contribution is -2.56. The van der Waals surface area contributed by atoms with E-state index >= 15 is 0 Å². The molecule has 1 aromatic heterocycles. The molecule has 2 aliphatic heterocycles. The molecular weight excluding hydrogens is 221 g/mol. The zero-order chi connectivity index (χ0) is 11.7. The lowest BCUT2D eigenvalue weighted by Gasteiger charge is -2.43. The van der Waals surface area contributed by atoms with E-state index in [-0.39, 0.29) is 0 Å². The van der Waals surface area contributed by atoms with Crippen molar-refractivity contribution in [1.29, 1.82) is 0 Å². The second-order valence-corrected chi connectivity index (χ2v) is 4.55. The maximum Gasteiger partial charge on any atom is 0.212 e. The molecule has 1 aromatic rings. The molecule has 17 heavy (non-hydrogen) atoms. The van der Waals surface area contributed by atoms with Gasteiger partial charge in [0.2, 0.25) is 5.95 Å². The number of ether oxygens (including phenoxy) is 1. The molecule has 92 valence electrons. The first-order valence-electron chi connectivity index (χ1n) is 6.01. The van der Waals surface area contributed by atoms with E-state index in [1.165, 1.54) is 6.07 Å². The van der Waals surface area contributed by atoms with E-state index in [2.05, 4.69) is 14.8 Å². The van der Waals surface area contributed by atoms with E-state index in [4.69, 9.17) is 4.74 Å². The highest BCUT2D eigenvalue weighted by Gasteiger charge is 2.28. The average Bonchev–Trinajstić information content (AvgIpc) is 2.29. The van der Waals surface area contributed by atoms with Gasteiger partial charge in [-0.2, -0.15) is 4.39 Å². The largest absolute Gasteiger partial charge is 0.378 e. The minimum Gasteiger partial charge on any atom is -0.378 e. The van der Waals surface area contributed by atoms with Crippen molar-refractivity contribution in [2.24, 2.45) is 0 Å². The monoisotopic (exact) mass is 237 g/mol. The van der Waals surface area contributed by atoms with E-state index in [1.807, 2.05) is 0 Å². The van der Waals surface area contributed by atoms with Crippen LogP contribution in [0.25, 0.3) is 0 Å². The van der Waals surface area contributed by atoms with Gasteiger partial charge >= 0.3 is 0 Å². The number of hydrogen-bond acceptors (Lipinski definition) is 4. The van der Waals surface area contributed by atoms with Gasteiger partial charge < -0.3 is 9.64 Å². The van der Waals surface area contributed by atoms with Crippen LogP contribution in [0, 0.1) is 5.95 Å². The van der Waals surface area contributed by atoms with Crippen LogP contribution in [0.4, 0.5) is 10.1 Å². The molecule has 2 aliphatic rings. The number of aromatic nitrogens is 1. The van der Waals surface area contributed by atoms with Gasteiger partial charge in [0.15, 0.2) is 0 Å². The SMILES string of the molecule is Fc1ccc(N2CCN(C3COC3)CC2)cn1. The summed E-state index contributed by atoms with van der Waals surface area (Å²) in [6, 6.07) is 3.83. The number of rotatable bonds is 2. The van der Waals surface area contributed by atoms with Gasteiger partial charge in [0, 0.05) is 26.2 Å². The fourth-order valence-corrected chi connectivity index (χ4v) is 2.33. The van der Waals surface area contributed by atoms with Crippen LogP contribution in [0.1, 0.15) is 0 Å². The highest BCUT2D eigenvalue weighted by molar-refractivity contribution is 5.44. The van der Waals surface area contributed by atoms with Crippen molar-refractivity contribution in [3.63, 3.8) is 0 Å². The molecule has 5 heteroatoms. The molecule has 0 aromatic carbocycles. The van der Waals surface area contributed by atoms with Crippen LogP contribution in [-0.2, 0) is 4.74 Å². The lowest BCUT2D eigenvalue weighted by atomic mass is 10.2. The standard InChI is InChI=1S/C12H16FN3O/c13-12-2-1-10(7-14-12)15-3-5-16(6-4-15)11-8-17-9-11/h1-2,7,11H,3-6,8-9H2. The van der Waals surface area contributed by atoms with Crippen LogP contribution in [0.2, 0.25) is 0 Å². The zero-order valence-corrected chi connectivity index (χ0v) is 9.68. The molecule has 4 nitrogen and oxygen atoms in total. The van der Waals surface area contributed by atoms with Crippen molar-refractivity contribution in [3.8, 4) is 0 Å². The molecule has 0 saturated carbocycles. The molecule has 2 saturated heterocycles. The van der Waals surface area contributed by atoms with Gasteiger partial charge in [-0.05, 0) is 12.1 Å². The summed E-state index contributed by atoms with van der Waals surface area (Å²) in [5, 5.41) is 0. The summed E-state index contributed by atoms with van der Waals surface area (Å²) >= 11 is 0. The fraction of sp³-hybridized carbons (Fsp3) is 0.583. The highest BCUT2D eigenvalue weighted by atomic mass is 19.1. The Morgan fingerprint density at radius 2 is 1.94 bits per heavy atom. The molecule has 0 N–H and O–H groups in total. The van der Waals surface area contributed by atoms with Gasteiger partial charge in [-0.1, -0.05) is 0 Å². The Labute approximate surface area is 100.0 Å². The average molecular weight is 237 g/mol. The molecule has 0 radical (unpaired) electrons. The predicted molar refractivity (Wildman–Crippen MR) is 62.6 cm³/mol. The van der Waals surface area contributed by atoms with Crippen molar-refractivity contribution in [3.05, 3.63) is 24.3 Å². The molecular formula is C12H16FN3O. The molecule has 0 spiro atoms. The summed E-state index contributed by atoms with van der Waals surface area (Å²) in [5.74, 6) is -0.418. The van der Waals surface area contributed by atoms with Gasteiger partial charge in [0.05, 0.1) is 31.1 Å². The molecule has 0 unspecified atom stereocenters. The molecule has 0 aliphatic carbocycles. The van der Waals surface area contributed by atoms with Crippen LogP contribution in [0.5, 0.6) is 0 Å². The summed E-state index contributed by atoms with van der Waals surface area (Å²) in [6.07, 6.45) is 1.61. The maximum absolute atomic E-state index is 12.7. The Morgan fingerprint density at radius 1 is 1.18 bits per heavy atom. The number of hydrogen-bond donors (Lipinski definition) is 0. The van der Waals surface area contributed by atoms with Crippen LogP contribution < -0.4 is 4.90 Å². The number of halogens is 1. The van der Waals surface area contributed by atoms with Crippen molar-refractivity contribution in [1.82, 2.24) is 9.88 Å². The summed E-state index contributed by atoms with van der Waals surface area (Å²) < 4.78 is 17.9. The van der Waals surface area contributed by atoms with E-state index in [9.17, 15) is 4.39 Å². The van der Waals surface area contributed by atoms with Gasteiger partial charge in [-0.3, -0.25) is 4.90 Å². The fourth-order valence-electron chi connectivity index (χ4n) is 2.33. The van der Waals surface area contributed by atoms with E-state index in [0.717, 1.165) is 45.1 Å². The first kappa shape index (κ1) is 10.9. The first-order valence-corrected chi connectivity index (χ1v) is 6.01. The molecule has 3 heterocycles. The minimum atomic E-state index is -0.418. The van der Waals surface area contributed by atoms with Gasteiger partial charge in [0.1, 0.15) is 0 Å². The molecule has 2 fully saturated rings. The van der Waals surface area contributed by atoms with Crippen LogP contribution in [0.3, 0.4) is 0 Å². The Bertz CT molecular complexity index is 372. The Morgan fingerprint density at radius 3 is 2.47 bits per heavy atom. The third-order valence-electron chi connectivity index (χ3n) is 3.53. The number of piperazine rings is 1. The second-order valence-electron chi connectivity index (χ2n) is 4.55. The molecule has 0 amide bonds. The molecule has 3 rings (SSSR count). The van der Waals surface area contributed by atoms with Crippen molar-refractivity contribution in [2.45, 2.75) is 6.04 Å². The quantitative estimate of drug-likeness (QED) is 0.709. The van der Waals surface area contributed by atoms with Crippen LogP contribution in [0.15, 0.2) is 18.3 Å². The Balaban J connectivity index is 1.58. The number of anilines is 1. The normalized spacial score (nSPS) is 22.5. The number of pyridine rings is 1. The van der Waals surface area contributed by atoms with Crippen molar-refractivity contribution in [2.75, 3.05) is 44.3 Å². The van der Waals surface area contributed by atoms with Crippen molar-refractivity contribution >= 4 is 5.69 Å².